The third kappa shape index (κ3) is 2.19. The lowest BCUT2D eigenvalue weighted by atomic mass is 10.3. The van der Waals surface area contributed by atoms with E-state index in [0.717, 1.165) is 17.8 Å². The summed E-state index contributed by atoms with van der Waals surface area (Å²) < 4.78 is 1.82. The molecule has 1 fully saturated rings. The second-order valence-corrected chi connectivity index (χ2v) is 4.44. The standard InChI is InChI=1S/C11H17N3O/c1-7-4-10(7)11(15)12-6-9-5-8(2)14(3)13-9/h5,7,10H,4,6H2,1-3H3,(H,12,15)/t7-,10-/m0/s1. The topological polar surface area (TPSA) is 46.9 Å². The average Bonchev–Trinajstić information content (AvgIpc) is 2.82. The quantitative estimate of drug-likeness (QED) is 0.803. The van der Waals surface area contributed by atoms with Gasteiger partial charge in [-0.1, -0.05) is 6.92 Å². The second-order valence-electron chi connectivity index (χ2n) is 4.44. The normalized spacial score (nSPS) is 23.9. The van der Waals surface area contributed by atoms with Crippen LogP contribution >= 0.6 is 0 Å². The lowest BCUT2D eigenvalue weighted by molar-refractivity contribution is -0.122. The van der Waals surface area contributed by atoms with Gasteiger partial charge in [-0.15, -0.1) is 0 Å². The van der Waals surface area contributed by atoms with Crippen LogP contribution in [0, 0.1) is 18.8 Å². The molecule has 0 bridgehead atoms. The van der Waals surface area contributed by atoms with Crippen molar-refractivity contribution in [2.45, 2.75) is 26.8 Å². The lowest BCUT2D eigenvalue weighted by Crippen LogP contribution is -2.25. The molecule has 0 saturated heterocycles. The van der Waals surface area contributed by atoms with E-state index in [9.17, 15) is 4.79 Å². The van der Waals surface area contributed by atoms with Crippen molar-refractivity contribution in [3.63, 3.8) is 0 Å². The van der Waals surface area contributed by atoms with Gasteiger partial charge in [0.15, 0.2) is 0 Å². The van der Waals surface area contributed by atoms with Gasteiger partial charge in [0.05, 0.1) is 12.2 Å². The number of nitrogens with one attached hydrogen (secondary N) is 1. The van der Waals surface area contributed by atoms with Crippen molar-refractivity contribution in [2.24, 2.45) is 18.9 Å². The van der Waals surface area contributed by atoms with E-state index in [0.29, 0.717) is 12.5 Å². The number of carbonyl (C=O) groups is 1. The van der Waals surface area contributed by atoms with E-state index in [4.69, 9.17) is 0 Å². The number of aromatic nitrogens is 2. The van der Waals surface area contributed by atoms with Crippen molar-refractivity contribution in [2.75, 3.05) is 0 Å². The second kappa shape index (κ2) is 3.68. The first-order valence-corrected chi connectivity index (χ1v) is 5.35. The summed E-state index contributed by atoms with van der Waals surface area (Å²) in [6.07, 6.45) is 1.03. The van der Waals surface area contributed by atoms with Crippen molar-refractivity contribution in [3.8, 4) is 0 Å². The molecule has 2 rings (SSSR count). The van der Waals surface area contributed by atoms with Gasteiger partial charge in [-0.05, 0) is 25.3 Å². The predicted octanol–water partition coefficient (Wildman–Crippen LogP) is 1.00. The molecule has 1 aromatic rings. The van der Waals surface area contributed by atoms with Crippen molar-refractivity contribution in [1.82, 2.24) is 15.1 Å². The largest absolute Gasteiger partial charge is 0.350 e. The number of carbonyl (C=O) groups excluding carboxylic acids is 1. The van der Waals surface area contributed by atoms with Crippen molar-refractivity contribution in [1.29, 1.82) is 0 Å². The van der Waals surface area contributed by atoms with Gasteiger partial charge in [-0.2, -0.15) is 5.10 Å². The summed E-state index contributed by atoms with van der Waals surface area (Å²) in [7, 11) is 1.91. The Morgan fingerprint density at radius 2 is 2.40 bits per heavy atom. The molecule has 1 saturated carbocycles. The number of aryl methyl sites for hydroxylation is 2. The smallest absolute Gasteiger partial charge is 0.223 e. The zero-order chi connectivity index (χ0) is 11.0. The van der Waals surface area contributed by atoms with Gasteiger partial charge in [-0.25, -0.2) is 0 Å². The van der Waals surface area contributed by atoms with Crippen molar-refractivity contribution >= 4 is 5.91 Å². The third-order valence-electron chi connectivity index (χ3n) is 3.05. The lowest BCUT2D eigenvalue weighted by Gasteiger charge is -2.00. The molecule has 1 amide bonds. The maximum atomic E-state index is 11.5. The minimum atomic E-state index is 0.172. The van der Waals surface area contributed by atoms with Gasteiger partial charge in [0.2, 0.25) is 5.91 Å². The summed E-state index contributed by atoms with van der Waals surface area (Å²) in [5.74, 6) is 0.982. The molecular formula is C11H17N3O. The number of rotatable bonds is 3. The molecule has 0 aliphatic heterocycles. The molecule has 15 heavy (non-hydrogen) atoms. The first kappa shape index (κ1) is 10.2. The third-order valence-corrected chi connectivity index (χ3v) is 3.05. The van der Waals surface area contributed by atoms with Crippen LogP contribution in [0.4, 0.5) is 0 Å². The fourth-order valence-corrected chi connectivity index (χ4v) is 1.72. The number of nitrogens with zero attached hydrogens (tertiary/aromatic N) is 2. The zero-order valence-corrected chi connectivity index (χ0v) is 9.45. The minimum Gasteiger partial charge on any atom is -0.350 e. The molecule has 0 spiro atoms. The summed E-state index contributed by atoms with van der Waals surface area (Å²) in [5, 5.41) is 7.20. The molecule has 0 radical (unpaired) electrons. The van der Waals surface area contributed by atoms with Gasteiger partial charge in [0.1, 0.15) is 0 Å². The van der Waals surface area contributed by atoms with Gasteiger partial charge >= 0.3 is 0 Å². The molecular weight excluding hydrogens is 190 g/mol. The molecule has 0 unspecified atom stereocenters. The average molecular weight is 207 g/mol. The van der Waals surface area contributed by atoms with Crippen LogP contribution in [-0.4, -0.2) is 15.7 Å². The molecule has 4 heteroatoms. The number of hydrogen-bond donors (Lipinski definition) is 1. The van der Waals surface area contributed by atoms with Crippen LogP contribution in [-0.2, 0) is 18.4 Å². The van der Waals surface area contributed by atoms with Crippen molar-refractivity contribution in [3.05, 3.63) is 17.5 Å². The van der Waals surface area contributed by atoms with E-state index in [1.165, 1.54) is 0 Å². The Morgan fingerprint density at radius 3 is 2.87 bits per heavy atom. The molecule has 1 aliphatic carbocycles. The van der Waals surface area contributed by atoms with E-state index >= 15 is 0 Å². The highest BCUT2D eigenvalue weighted by Crippen LogP contribution is 2.37. The summed E-state index contributed by atoms with van der Waals surface area (Å²) in [6.45, 7) is 4.65. The molecule has 2 atom stereocenters. The Balaban J connectivity index is 1.85. The Bertz CT molecular complexity index is 364. The summed E-state index contributed by atoms with van der Waals surface area (Å²) in [4.78, 5) is 11.5. The fourth-order valence-electron chi connectivity index (χ4n) is 1.72. The summed E-state index contributed by atoms with van der Waals surface area (Å²) >= 11 is 0. The summed E-state index contributed by atoms with van der Waals surface area (Å²) in [5.41, 5.74) is 2.04. The van der Waals surface area contributed by atoms with Gasteiger partial charge in [0.25, 0.3) is 0 Å². The van der Waals surface area contributed by atoms with E-state index in [1.807, 2.05) is 24.7 Å². The molecule has 1 heterocycles. The van der Waals surface area contributed by atoms with Crippen LogP contribution in [0.5, 0.6) is 0 Å². The van der Waals surface area contributed by atoms with Crippen LogP contribution in [0.1, 0.15) is 24.7 Å². The van der Waals surface area contributed by atoms with E-state index in [2.05, 4.69) is 17.3 Å². The summed E-state index contributed by atoms with van der Waals surface area (Å²) in [6, 6.07) is 2.00. The Labute approximate surface area is 89.7 Å². The van der Waals surface area contributed by atoms with Crippen LogP contribution in [0.3, 0.4) is 0 Å². The molecule has 1 aliphatic rings. The Hall–Kier alpha value is -1.32. The van der Waals surface area contributed by atoms with E-state index in [-0.39, 0.29) is 11.8 Å². The van der Waals surface area contributed by atoms with Gasteiger partial charge < -0.3 is 5.32 Å². The highest BCUT2D eigenvalue weighted by molar-refractivity contribution is 5.81. The fraction of sp³-hybridized carbons (Fsp3) is 0.636. The highest BCUT2D eigenvalue weighted by Gasteiger charge is 2.38. The Morgan fingerprint density at radius 1 is 1.73 bits per heavy atom. The van der Waals surface area contributed by atoms with Gasteiger partial charge in [-0.3, -0.25) is 9.48 Å². The van der Waals surface area contributed by atoms with Gasteiger partial charge in [0, 0.05) is 18.7 Å². The monoisotopic (exact) mass is 207 g/mol. The maximum Gasteiger partial charge on any atom is 0.223 e. The first-order chi connectivity index (χ1) is 7.08. The highest BCUT2D eigenvalue weighted by atomic mass is 16.2. The Kier molecular flexibility index (Phi) is 2.50. The minimum absolute atomic E-state index is 0.172. The molecule has 1 aromatic heterocycles. The molecule has 82 valence electrons. The first-order valence-electron chi connectivity index (χ1n) is 5.35. The van der Waals surface area contributed by atoms with Crippen LogP contribution in [0.2, 0.25) is 0 Å². The molecule has 1 N–H and O–H groups in total. The number of hydrogen-bond acceptors (Lipinski definition) is 2. The molecule has 0 aromatic carbocycles. The zero-order valence-electron chi connectivity index (χ0n) is 9.45. The molecule has 4 nitrogen and oxygen atoms in total. The van der Waals surface area contributed by atoms with Crippen molar-refractivity contribution < 1.29 is 4.79 Å². The van der Waals surface area contributed by atoms with Crippen LogP contribution in [0.15, 0.2) is 6.07 Å². The maximum absolute atomic E-state index is 11.5. The SMILES string of the molecule is Cc1cc(CNC(=O)[C@H]2C[C@@H]2C)nn1C. The van der Waals surface area contributed by atoms with Crippen LogP contribution in [0.25, 0.3) is 0 Å². The van der Waals surface area contributed by atoms with E-state index in [1.54, 1.807) is 0 Å². The van der Waals surface area contributed by atoms with E-state index < -0.39 is 0 Å². The number of amides is 1. The predicted molar refractivity (Wildman–Crippen MR) is 57.1 cm³/mol. The van der Waals surface area contributed by atoms with Crippen LogP contribution < -0.4 is 5.32 Å².